The smallest absolute Gasteiger partial charge is 0.305 e. The van der Waals surface area contributed by atoms with Gasteiger partial charge in [-0.1, -0.05) is 163 Å². The molecule has 386 valence electrons. The van der Waals surface area contributed by atoms with Crippen molar-refractivity contribution in [1.29, 1.82) is 0 Å². The molecule has 1 saturated heterocycles. The molecule has 67 heavy (non-hydrogen) atoms. The van der Waals surface area contributed by atoms with Crippen molar-refractivity contribution in [2.45, 2.75) is 249 Å². The van der Waals surface area contributed by atoms with Gasteiger partial charge in [-0.3, -0.25) is 9.59 Å². The molecule has 1 aliphatic heterocycles. The summed E-state index contributed by atoms with van der Waals surface area (Å²) in [6, 6.07) is -0.847. The fourth-order valence-corrected chi connectivity index (χ4v) is 7.78. The number of hydrogen-bond donors (Lipinski definition) is 6. The van der Waals surface area contributed by atoms with E-state index >= 15 is 0 Å². The van der Waals surface area contributed by atoms with Gasteiger partial charge in [-0.15, -0.1) is 0 Å². The minimum Gasteiger partial charge on any atom is -0.466 e. The molecule has 0 saturated carbocycles. The quantitative estimate of drug-likeness (QED) is 0.0196. The van der Waals surface area contributed by atoms with Gasteiger partial charge in [-0.05, 0) is 103 Å². The van der Waals surface area contributed by atoms with Gasteiger partial charge in [0.15, 0.2) is 6.29 Å². The van der Waals surface area contributed by atoms with Crippen LogP contribution in [0.5, 0.6) is 0 Å². The van der Waals surface area contributed by atoms with E-state index in [0.717, 1.165) is 103 Å². The van der Waals surface area contributed by atoms with E-state index in [9.17, 15) is 35.1 Å². The van der Waals surface area contributed by atoms with Crippen LogP contribution < -0.4 is 5.32 Å². The van der Waals surface area contributed by atoms with Gasteiger partial charge < -0.3 is 45.1 Å². The van der Waals surface area contributed by atoms with Crippen molar-refractivity contribution in [3.63, 3.8) is 0 Å². The maximum absolute atomic E-state index is 12.9. The third-order valence-corrected chi connectivity index (χ3v) is 12.1. The van der Waals surface area contributed by atoms with Crippen LogP contribution in [0.2, 0.25) is 0 Å². The standard InChI is InChI=1S/C56H97NO10/c1-3-5-7-9-11-13-14-15-21-24-28-32-36-40-44-52(61)65-45-41-37-33-29-25-22-19-17-16-18-20-23-27-31-35-39-43-51(60)57-48(49(59)42-38-34-30-26-12-10-8-6-4-2)47-66-56-55(64)54(63)53(62)50(46-58)67-56/h4,6,9,11-12,14-16,18,26,38,42,48-50,53-56,58-59,62-64H,3,5,7-8,10,13,17,19-25,27-37,39-41,43-47H2,1-2H3,(H,57,60)/b6-4+,11-9-,15-14-,18-16-,26-12+,42-38+. The van der Waals surface area contributed by atoms with Crippen molar-refractivity contribution < 1.29 is 49.3 Å². The van der Waals surface area contributed by atoms with Crippen LogP contribution >= 0.6 is 0 Å². The lowest BCUT2D eigenvalue weighted by atomic mass is 9.99. The molecule has 6 N–H and O–H groups in total. The predicted octanol–water partition coefficient (Wildman–Crippen LogP) is 11.3. The summed E-state index contributed by atoms with van der Waals surface area (Å²) in [4.78, 5) is 25.0. The van der Waals surface area contributed by atoms with Crippen LogP contribution in [0.15, 0.2) is 72.9 Å². The Bertz CT molecular complexity index is 1340. The SMILES string of the molecule is C/C=C/CC/C=C/CC/C=C/C(O)C(COC1OC(CO)C(O)C(O)C1O)NC(=O)CCCCCCC/C=C\CCCCCCCCCOC(=O)CCCCCCC/C=C\C/C=C\CCCC. The number of hydrogen-bond acceptors (Lipinski definition) is 10. The van der Waals surface area contributed by atoms with Crippen molar-refractivity contribution in [1.82, 2.24) is 5.32 Å². The third kappa shape index (κ3) is 35.8. The Balaban J connectivity index is 2.11. The number of allylic oxidation sites excluding steroid dienone is 11. The van der Waals surface area contributed by atoms with Gasteiger partial charge in [0.1, 0.15) is 24.4 Å². The van der Waals surface area contributed by atoms with E-state index in [2.05, 4.69) is 66.9 Å². The second kappa shape index (κ2) is 45.5. The number of esters is 1. The van der Waals surface area contributed by atoms with Crippen molar-refractivity contribution in [3.8, 4) is 0 Å². The third-order valence-electron chi connectivity index (χ3n) is 12.1. The number of carbonyl (C=O) groups is 2. The zero-order valence-electron chi connectivity index (χ0n) is 42.1. The molecule has 0 aromatic carbocycles. The zero-order chi connectivity index (χ0) is 48.8. The number of ether oxygens (including phenoxy) is 3. The van der Waals surface area contributed by atoms with Gasteiger partial charge in [0, 0.05) is 12.8 Å². The Morgan fingerprint density at radius 2 is 1.07 bits per heavy atom. The van der Waals surface area contributed by atoms with Gasteiger partial charge in [-0.25, -0.2) is 0 Å². The fourth-order valence-electron chi connectivity index (χ4n) is 7.78. The summed E-state index contributed by atoms with van der Waals surface area (Å²) in [5.74, 6) is -0.258. The second-order valence-electron chi connectivity index (χ2n) is 18.2. The average Bonchev–Trinajstić information content (AvgIpc) is 3.32. The number of rotatable bonds is 44. The highest BCUT2D eigenvalue weighted by Crippen LogP contribution is 2.22. The molecule has 1 heterocycles. The molecule has 0 bridgehead atoms. The first-order chi connectivity index (χ1) is 32.7. The van der Waals surface area contributed by atoms with Crippen molar-refractivity contribution in [2.75, 3.05) is 19.8 Å². The van der Waals surface area contributed by atoms with E-state index in [0.29, 0.717) is 25.9 Å². The molecule has 1 rings (SSSR count). The molecule has 0 radical (unpaired) electrons. The van der Waals surface area contributed by atoms with Gasteiger partial charge >= 0.3 is 5.97 Å². The molecular weight excluding hydrogens is 847 g/mol. The van der Waals surface area contributed by atoms with E-state index in [1.54, 1.807) is 6.08 Å². The largest absolute Gasteiger partial charge is 0.466 e. The maximum Gasteiger partial charge on any atom is 0.305 e. The Morgan fingerprint density at radius 1 is 0.582 bits per heavy atom. The molecule has 0 aliphatic carbocycles. The Labute approximate surface area is 407 Å². The molecule has 0 spiro atoms. The van der Waals surface area contributed by atoms with Gasteiger partial charge in [0.05, 0.1) is 32.0 Å². The van der Waals surface area contributed by atoms with E-state index < -0.39 is 49.5 Å². The summed E-state index contributed by atoms with van der Waals surface area (Å²) >= 11 is 0. The number of aliphatic hydroxyl groups excluding tert-OH is 5. The van der Waals surface area contributed by atoms with Crippen LogP contribution in [-0.4, -0.2) is 100 Å². The topological polar surface area (TPSA) is 175 Å². The number of aliphatic hydroxyl groups is 5. The summed E-state index contributed by atoms with van der Waals surface area (Å²) in [6.07, 6.45) is 48.7. The Hall–Kier alpha value is -2.90. The molecule has 7 unspecified atom stereocenters. The fraction of sp³-hybridized carbons (Fsp3) is 0.750. The van der Waals surface area contributed by atoms with Gasteiger partial charge in [-0.2, -0.15) is 0 Å². The van der Waals surface area contributed by atoms with Crippen LogP contribution in [0.25, 0.3) is 0 Å². The van der Waals surface area contributed by atoms with E-state index in [1.807, 2.05) is 19.1 Å². The molecule has 0 aromatic rings. The number of carbonyl (C=O) groups excluding carboxylic acids is 2. The Kier molecular flexibility index (Phi) is 42.2. The average molecular weight is 944 g/mol. The monoisotopic (exact) mass is 944 g/mol. The highest BCUT2D eigenvalue weighted by Gasteiger charge is 2.44. The summed E-state index contributed by atoms with van der Waals surface area (Å²) in [7, 11) is 0. The molecule has 1 fully saturated rings. The normalized spacial score (nSPS) is 20.1. The minimum atomic E-state index is -1.59. The predicted molar refractivity (Wildman–Crippen MR) is 273 cm³/mol. The molecule has 11 heteroatoms. The summed E-state index contributed by atoms with van der Waals surface area (Å²) in [5, 5.41) is 54.0. The molecule has 11 nitrogen and oxygen atoms in total. The summed E-state index contributed by atoms with van der Waals surface area (Å²) in [6.45, 7) is 3.98. The maximum atomic E-state index is 12.9. The summed E-state index contributed by atoms with van der Waals surface area (Å²) in [5.41, 5.74) is 0. The highest BCUT2D eigenvalue weighted by atomic mass is 16.7. The lowest BCUT2D eigenvalue weighted by Gasteiger charge is -2.40. The van der Waals surface area contributed by atoms with E-state index in [4.69, 9.17) is 14.2 Å². The number of amides is 1. The molecule has 1 aliphatic rings. The first-order valence-electron chi connectivity index (χ1n) is 26.7. The van der Waals surface area contributed by atoms with Gasteiger partial charge in [0.25, 0.3) is 0 Å². The van der Waals surface area contributed by atoms with Crippen LogP contribution in [-0.2, 0) is 23.8 Å². The first kappa shape index (κ1) is 62.1. The lowest BCUT2D eigenvalue weighted by Crippen LogP contribution is -2.60. The van der Waals surface area contributed by atoms with E-state index in [-0.39, 0.29) is 18.5 Å². The van der Waals surface area contributed by atoms with Crippen LogP contribution in [0, 0.1) is 0 Å². The van der Waals surface area contributed by atoms with Crippen molar-refractivity contribution >= 4 is 11.9 Å². The minimum absolute atomic E-state index is 0.0385. The summed E-state index contributed by atoms with van der Waals surface area (Å²) < 4.78 is 16.6. The first-order valence-corrected chi connectivity index (χ1v) is 26.7. The second-order valence-corrected chi connectivity index (χ2v) is 18.2. The molecular formula is C56H97NO10. The zero-order valence-corrected chi connectivity index (χ0v) is 42.1. The van der Waals surface area contributed by atoms with Crippen molar-refractivity contribution in [2.24, 2.45) is 0 Å². The van der Waals surface area contributed by atoms with Crippen LogP contribution in [0.1, 0.15) is 206 Å². The number of unbranched alkanes of at least 4 members (excludes halogenated alkanes) is 21. The number of nitrogens with one attached hydrogen (secondary N) is 1. The van der Waals surface area contributed by atoms with Crippen LogP contribution in [0.3, 0.4) is 0 Å². The van der Waals surface area contributed by atoms with Crippen LogP contribution in [0.4, 0.5) is 0 Å². The Morgan fingerprint density at radius 3 is 1.66 bits per heavy atom. The molecule has 7 atom stereocenters. The lowest BCUT2D eigenvalue weighted by molar-refractivity contribution is -0.302. The van der Waals surface area contributed by atoms with E-state index in [1.165, 1.54) is 70.6 Å². The van der Waals surface area contributed by atoms with Crippen molar-refractivity contribution in [3.05, 3.63) is 72.9 Å². The molecule has 0 aromatic heterocycles. The van der Waals surface area contributed by atoms with Gasteiger partial charge in [0.2, 0.25) is 5.91 Å². The molecule has 1 amide bonds. The highest BCUT2D eigenvalue weighted by molar-refractivity contribution is 5.76.